The molecule has 3 heteroatoms. The Bertz CT molecular complexity index is 443. The van der Waals surface area contributed by atoms with Gasteiger partial charge in [0.1, 0.15) is 0 Å². The molecule has 3 nitrogen and oxygen atoms in total. The van der Waals surface area contributed by atoms with Crippen molar-refractivity contribution in [2.24, 2.45) is 11.8 Å². The van der Waals surface area contributed by atoms with Gasteiger partial charge in [0.25, 0.3) is 0 Å². The maximum atomic E-state index is 9.41. The van der Waals surface area contributed by atoms with E-state index in [4.69, 9.17) is 0 Å². The van der Waals surface area contributed by atoms with E-state index in [-0.39, 0.29) is 0 Å². The van der Waals surface area contributed by atoms with Crippen molar-refractivity contribution in [2.45, 2.75) is 38.6 Å². The normalized spacial score (nSPS) is 25.7. The van der Waals surface area contributed by atoms with Crippen molar-refractivity contribution in [3.63, 3.8) is 0 Å². The predicted molar refractivity (Wildman–Crippen MR) is 87.5 cm³/mol. The summed E-state index contributed by atoms with van der Waals surface area (Å²) in [5.41, 5.74) is 2.82. The van der Waals surface area contributed by atoms with E-state index in [1.807, 2.05) is 0 Å². The van der Waals surface area contributed by atoms with Gasteiger partial charge in [0.05, 0.1) is 0 Å². The predicted octanol–water partition coefficient (Wildman–Crippen LogP) is 2.79. The van der Waals surface area contributed by atoms with E-state index >= 15 is 0 Å². The largest absolute Gasteiger partial charge is 0.396 e. The number of nitrogens with zero attached hydrogens (tertiary/aromatic N) is 1. The van der Waals surface area contributed by atoms with Crippen LogP contribution < -0.4 is 10.2 Å². The molecule has 1 aliphatic heterocycles. The van der Waals surface area contributed by atoms with Gasteiger partial charge in [0.15, 0.2) is 0 Å². The molecule has 21 heavy (non-hydrogen) atoms. The van der Waals surface area contributed by atoms with Crippen LogP contribution >= 0.6 is 0 Å². The Balaban J connectivity index is 1.55. The van der Waals surface area contributed by atoms with Crippen molar-refractivity contribution < 1.29 is 5.11 Å². The molecule has 0 aromatic heterocycles. The van der Waals surface area contributed by atoms with Crippen molar-refractivity contribution in [1.29, 1.82) is 0 Å². The summed E-state index contributed by atoms with van der Waals surface area (Å²) in [4.78, 5) is 2.52. The van der Waals surface area contributed by atoms with E-state index in [2.05, 4.69) is 34.5 Å². The monoisotopic (exact) mass is 288 g/mol. The lowest BCUT2D eigenvalue weighted by atomic mass is 9.97. The van der Waals surface area contributed by atoms with Gasteiger partial charge < -0.3 is 15.3 Å². The Labute approximate surface area is 128 Å². The number of hydrogen-bond donors (Lipinski definition) is 2. The summed E-state index contributed by atoms with van der Waals surface area (Å²) >= 11 is 0. The first-order valence-corrected chi connectivity index (χ1v) is 8.53. The highest BCUT2D eigenvalue weighted by Crippen LogP contribution is 2.31. The second kappa shape index (κ2) is 7.28. The fourth-order valence-electron chi connectivity index (χ4n) is 3.94. The average Bonchev–Trinajstić information content (AvgIpc) is 3.19. The summed E-state index contributed by atoms with van der Waals surface area (Å²) in [5.74, 6) is 1.18. The molecule has 1 aliphatic carbocycles. The minimum atomic E-state index is 0.358. The zero-order valence-electron chi connectivity index (χ0n) is 12.9. The molecule has 0 radical (unpaired) electrons. The Hall–Kier alpha value is -1.06. The molecule has 0 bridgehead atoms. The second-order valence-electron chi connectivity index (χ2n) is 6.59. The minimum Gasteiger partial charge on any atom is -0.396 e. The number of benzene rings is 1. The number of aliphatic hydroxyl groups is 1. The molecule has 2 fully saturated rings. The molecule has 2 atom stereocenters. The van der Waals surface area contributed by atoms with Crippen molar-refractivity contribution in [3.8, 4) is 0 Å². The summed E-state index contributed by atoms with van der Waals surface area (Å²) in [6.07, 6.45) is 6.39. The number of rotatable bonds is 6. The van der Waals surface area contributed by atoms with Crippen LogP contribution in [-0.4, -0.2) is 31.3 Å². The van der Waals surface area contributed by atoms with Crippen LogP contribution in [0.5, 0.6) is 0 Å². The van der Waals surface area contributed by atoms with Gasteiger partial charge in [-0.1, -0.05) is 24.6 Å². The molecule has 1 aromatic carbocycles. The van der Waals surface area contributed by atoms with Crippen LogP contribution in [0.15, 0.2) is 24.3 Å². The van der Waals surface area contributed by atoms with E-state index in [0.29, 0.717) is 18.4 Å². The Kier molecular flexibility index (Phi) is 5.15. The molecular weight excluding hydrogens is 260 g/mol. The molecule has 1 saturated carbocycles. The molecule has 1 saturated heterocycles. The first-order valence-electron chi connectivity index (χ1n) is 8.53. The highest BCUT2D eigenvalue weighted by molar-refractivity contribution is 5.54. The lowest BCUT2D eigenvalue weighted by Crippen LogP contribution is -2.27. The maximum Gasteiger partial charge on any atom is 0.0462 e. The standard InChI is InChI=1S/C18H28N2O/c21-14-17-8-5-7-15(17)12-19-13-16-6-1-2-9-18(16)20-10-3-4-11-20/h1-2,6,9,15,17,19,21H,3-5,7-8,10-14H2. The topological polar surface area (TPSA) is 35.5 Å². The molecule has 2 N–H and O–H groups in total. The van der Waals surface area contributed by atoms with Crippen LogP contribution in [0.2, 0.25) is 0 Å². The number of hydrogen-bond acceptors (Lipinski definition) is 3. The molecule has 1 aromatic rings. The van der Waals surface area contributed by atoms with E-state index in [0.717, 1.165) is 13.1 Å². The summed E-state index contributed by atoms with van der Waals surface area (Å²) in [7, 11) is 0. The average molecular weight is 288 g/mol. The van der Waals surface area contributed by atoms with Crippen LogP contribution in [-0.2, 0) is 6.54 Å². The lowest BCUT2D eigenvalue weighted by molar-refractivity contribution is 0.192. The molecule has 116 valence electrons. The van der Waals surface area contributed by atoms with E-state index in [1.165, 1.54) is 56.4 Å². The zero-order valence-corrected chi connectivity index (χ0v) is 12.9. The summed E-state index contributed by atoms with van der Waals surface area (Å²) in [5, 5.41) is 13.0. The summed E-state index contributed by atoms with van der Waals surface area (Å²) < 4.78 is 0. The quantitative estimate of drug-likeness (QED) is 0.845. The third-order valence-electron chi connectivity index (χ3n) is 5.21. The molecule has 1 heterocycles. The fraction of sp³-hybridized carbons (Fsp3) is 0.667. The zero-order chi connectivity index (χ0) is 14.5. The lowest BCUT2D eigenvalue weighted by Gasteiger charge is -2.23. The highest BCUT2D eigenvalue weighted by Gasteiger charge is 2.26. The third kappa shape index (κ3) is 3.58. The number of nitrogens with one attached hydrogen (secondary N) is 1. The third-order valence-corrected chi connectivity index (χ3v) is 5.21. The Morgan fingerprint density at radius 1 is 1.05 bits per heavy atom. The van der Waals surface area contributed by atoms with Crippen LogP contribution in [0, 0.1) is 11.8 Å². The van der Waals surface area contributed by atoms with Gasteiger partial charge in [-0.05, 0) is 55.7 Å². The maximum absolute atomic E-state index is 9.41. The van der Waals surface area contributed by atoms with Gasteiger partial charge in [0.2, 0.25) is 0 Å². The molecule has 0 spiro atoms. The van der Waals surface area contributed by atoms with Gasteiger partial charge in [-0.2, -0.15) is 0 Å². The smallest absolute Gasteiger partial charge is 0.0462 e. The number of aliphatic hydroxyl groups excluding tert-OH is 1. The van der Waals surface area contributed by atoms with Crippen LogP contribution in [0.25, 0.3) is 0 Å². The first kappa shape index (κ1) is 14.9. The van der Waals surface area contributed by atoms with Crippen LogP contribution in [0.3, 0.4) is 0 Å². The molecule has 2 unspecified atom stereocenters. The number of para-hydroxylation sites is 1. The van der Waals surface area contributed by atoms with Gasteiger partial charge in [-0.25, -0.2) is 0 Å². The van der Waals surface area contributed by atoms with E-state index in [1.54, 1.807) is 0 Å². The summed E-state index contributed by atoms with van der Waals surface area (Å²) in [6.45, 7) is 4.75. The number of anilines is 1. The second-order valence-corrected chi connectivity index (χ2v) is 6.59. The molecule has 3 rings (SSSR count). The molecule has 0 amide bonds. The van der Waals surface area contributed by atoms with Crippen LogP contribution in [0.1, 0.15) is 37.7 Å². The van der Waals surface area contributed by atoms with Gasteiger partial charge in [-0.15, -0.1) is 0 Å². The SMILES string of the molecule is OCC1CCCC1CNCc1ccccc1N1CCCC1. The van der Waals surface area contributed by atoms with Gasteiger partial charge in [0, 0.05) is 31.9 Å². The highest BCUT2D eigenvalue weighted by atomic mass is 16.3. The van der Waals surface area contributed by atoms with Crippen molar-refractivity contribution >= 4 is 5.69 Å². The Morgan fingerprint density at radius 3 is 2.62 bits per heavy atom. The van der Waals surface area contributed by atoms with Crippen molar-refractivity contribution in [2.75, 3.05) is 31.1 Å². The van der Waals surface area contributed by atoms with E-state index in [9.17, 15) is 5.11 Å². The van der Waals surface area contributed by atoms with Gasteiger partial charge in [-0.3, -0.25) is 0 Å². The molecule has 2 aliphatic rings. The van der Waals surface area contributed by atoms with E-state index < -0.39 is 0 Å². The first-order chi connectivity index (χ1) is 10.4. The van der Waals surface area contributed by atoms with Gasteiger partial charge >= 0.3 is 0 Å². The molecular formula is C18H28N2O. The van der Waals surface area contributed by atoms with Crippen molar-refractivity contribution in [1.82, 2.24) is 5.32 Å². The minimum absolute atomic E-state index is 0.358. The van der Waals surface area contributed by atoms with Crippen LogP contribution in [0.4, 0.5) is 5.69 Å². The summed E-state index contributed by atoms with van der Waals surface area (Å²) in [6, 6.07) is 8.80. The van der Waals surface area contributed by atoms with Crippen molar-refractivity contribution in [3.05, 3.63) is 29.8 Å². The Morgan fingerprint density at radius 2 is 1.81 bits per heavy atom. The fourth-order valence-corrected chi connectivity index (χ4v) is 3.94.